The molecular weight excluding hydrogens is 350 g/mol. The van der Waals surface area contributed by atoms with Crippen LogP contribution in [0.4, 0.5) is 10.5 Å². The zero-order valence-corrected chi connectivity index (χ0v) is 16.7. The van der Waals surface area contributed by atoms with Gasteiger partial charge in [-0.1, -0.05) is 42.5 Å². The van der Waals surface area contributed by atoms with Gasteiger partial charge >= 0.3 is 6.03 Å². The van der Waals surface area contributed by atoms with Crippen LogP contribution in [-0.2, 0) is 11.2 Å². The fourth-order valence-electron chi connectivity index (χ4n) is 3.74. The van der Waals surface area contributed by atoms with Gasteiger partial charge in [0.05, 0.1) is 6.04 Å². The second-order valence-electron chi connectivity index (χ2n) is 7.60. The zero-order chi connectivity index (χ0) is 19.9. The normalized spacial score (nSPS) is 15.7. The molecule has 28 heavy (non-hydrogen) atoms. The van der Waals surface area contributed by atoms with Crippen molar-refractivity contribution >= 4 is 17.6 Å². The molecule has 1 saturated heterocycles. The minimum absolute atomic E-state index is 0.0180. The molecule has 0 unspecified atom stereocenters. The van der Waals surface area contributed by atoms with Gasteiger partial charge in [0.15, 0.2) is 0 Å². The standard InChI is InChI=1S/C23H29N3O2/c1-17(21-9-6-10-22(16-21)25-18(2)27)24-23(28)26-13-11-20(12-14-26)15-19-7-4-3-5-8-19/h3-10,16-17,20H,11-15H2,1-2H3,(H,24,28)(H,25,27)/t17-/m0/s1. The van der Waals surface area contributed by atoms with Gasteiger partial charge in [0.2, 0.25) is 5.91 Å². The molecule has 2 aromatic rings. The first-order chi connectivity index (χ1) is 13.5. The van der Waals surface area contributed by atoms with E-state index in [0.29, 0.717) is 5.92 Å². The van der Waals surface area contributed by atoms with Gasteiger partial charge in [-0.05, 0) is 55.4 Å². The average molecular weight is 380 g/mol. The Morgan fingerprint density at radius 3 is 2.46 bits per heavy atom. The van der Waals surface area contributed by atoms with Crippen molar-refractivity contribution in [2.45, 2.75) is 39.2 Å². The van der Waals surface area contributed by atoms with Crippen molar-refractivity contribution in [1.82, 2.24) is 10.2 Å². The minimum Gasteiger partial charge on any atom is -0.331 e. The van der Waals surface area contributed by atoms with Crippen molar-refractivity contribution in [3.8, 4) is 0 Å². The fourth-order valence-corrected chi connectivity index (χ4v) is 3.74. The molecule has 0 radical (unpaired) electrons. The number of carbonyl (C=O) groups is 2. The monoisotopic (exact) mass is 379 g/mol. The Bertz CT molecular complexity index is 799. The third kappa shape index (κ3) is 5.59. The van der Waals surface area contributed by atoms with Crippen molar-refractivity contribution in [3.05, 3.63) is 65.7 Å². The van der Waals surface area contributed by atoms with E-state index in [2.05, 4.69) is 34.9 Å². The number of likely N-dealkylation sites (tertiary alicyclic amines) is 1. The van der Waals surface area contributed by atoms with Gasteiger partial charge in [-0.2, -0.15) is 0 Å². The highest BCUT2D eigenvalue weighted by Crippen LogP contribution is 2.23. The summed E-state index contributed by atoms with van der Waals surface area (Å²) in [4.78, 5) is 25.8. The molecule has 3 amide bonds. The molecule has 3 rings (SSSR count). The lowest BCUT2D eigenvalue weighted by Crippen LogP contribution is -2.45. The number of nitrogens with zero attached hydrogens (tertiary/aromatic N) is 1. The highest BCUT2D eigenvalue weighted by molar-refractivity contribution is 5.88. The summed E-state index contributed by atoms with van der Waals surface area (Å²) in [7, 11) is 0. The van der Waals surface area contributed by atoms with Crippen LogP contribution in [0.5, 0.6) is 0 Å². The number of amides is 3. The lowest BCUT2D eigenvalue weighted by atomic mass is 9.90. The Kier molecular flexibility index (Phi) is 6.69. The summed E-state index contributed by atoms with van der Waals surface area (Å²) in [6, 6.07) is 18.0. The van der Waals surface area contributed by atoms with E-state index in [1.807, 2.05) is 42.2 Å². The Labute approximate surface area is 167 Å². The van der Waals surface area contributed by atoms with Crippen LogP contribution in [-0.4, -0.2) is 29.9 Å². The SMILES string of the molecule is CC(=O)Nc1cccc([C@H](C)NC(=O)N2CCC(Cc3ccccc3)CC2)c1. The highest BCUT2D eigenvalue weighted by atomic mass is 16.2. The van der Waals surface area contributed by atoms with Crippen molar-refractivity contribution in [1.29, 1.82) is 0 Å². The maximum Gasteiger partial charge on any atom is 0.317 e. The predicted octanol–water partition coefficient (Wildman–Crippen LogP) is 4.37. The summed E-state index contributed by atoms with van der Waals surface area (Å²) >= 11 is 0. The number of nitrogens with one attached hydrogen (secondary N) is 2. The summed E-state index contributed by atoms with van der Waals surface area (Å²) in [5, 5.41) is 5.86. The van der Waals surface area contributed by atoms with E-state index in [-0.39, 0.29) is 18.0 Å². The number of hydrogen-bond acceptors (Lipinski definition) is 2. The van der Waals surface area contributed by atoms with E-state index >= 15 is 0 Å². The van der Waals surface area contributed by atoms with Crippen LogP contribution in [0.3, 0.4) is 0 Å². The second-order valence-corrected chi connectivity index (χ2v) is 7.60. The Morgan fingerprint density at radius 2 is 1.79 bits per heavy atom. The van der Waals surface area contributed by atoms with Crippen LogP contribution in [0.1, 0.15) is 43.9 Å². The van der Waals surface area contributed by atoms with Crippen LogP contribution in [0.25, 0.3) is 0 Å². The third-order valence-electron chi connectivity index (χ3n) is 5.32. The maximum absolute atomic E-state index is 12.7. The largest absolute Gasteiger partial charge is 0.331 e. The van der Waals surface area contributed by atoms with Gasteiger partial charge in [0, 0.05) is 25.7 Å². The molecule has 1 fully saturated rings. The Morgan fingerprint density at radius 1 is 1.07 bits per heavy atom. The highest BCUT2D eigenvalue weighted by Gasteiger charge is 2.24. The van der Waals surface area contributed by atoms with Gasteiger partial charge in [0.1, 0.15) is 0 Å². The van der Waals surface area contributed by atoms with E-state index < -0.39 is 0 Å². The van der Waals surface area contributed by atoms with E-state index in [0.717, 1.165) is 43.6 Å². The van der Waals surface area contributed by atoms with Crippen LogP contribution in [0, 0.1) is 5.92 Å². The summed E-state index contributed by atoms with van der Waals surface area (Å²) in [6.45, 7) is 5.04. The molecule has 0 aromatic heterocycles. The molecular formula is C23H29N3O2. The molecule has 0 saturated carbocycles. The number of benzene rings is 2. The third-order valence-corrected chi connectivity index (χ3v) is 5.32. The molecule has 0 bridgehead atoms. The van der Waals surface area contributed by atoms with Crippen LogP contribution in [0.15, 0.2) is 54.6 Å². The fraction of sp³-hybridized carbons (Fsp3) is 0.391. The molecule has 5 nitrogen and oxygen atoms in total. The number of anilines is 1. The molecule has 0 spiro atoms. The van der Waals surface area contributed by atoms with Crippen molar-refractivity contribution < 1.29 is 9.59 Å². The molecule has 148 valence electrons. The zero-order valence-electron chi connectivity index (χ0n) is 16.7. The Balaban J connectivity index is 1.49. The number of piperidine rings is 1. The number of urea groups is 1. The first kappa shape index (κ1) is 19.9. The topological polar surface area (TPSA) is 61.4 Å². The molecule has 2 N–H and O–H groups in total. The van der Waals surface area contributed by atoms with Crippen LogP contribution in [0.2, 0.25) is 0 Å². The summed E-state index contributed by atoms with van der Waals surface area (Å²) in [6.07, 6.45) is 3.16. The molecule has 1 aliphatic heterocycles. The lowest BCUT2D eigenvalue weighted by Gasteiger charge is -2.33. The molecule has 5 heteroatoms. The smallest absolute Gasteiger partial charge is 0.317 e. The molecule has 1 aliphatic rings. The molecule has 2 aromatic carbocycles. The van der Waals surface area contributed by atoms with Gasteiger partial charge < -0.3 is 15.5 Å². The van der Waals surface area contributed by atoms with Crippen molar-refractivity contribution in [3.63, 3.8) is 0 Å². The first-order valence-electron chi connectivity index (χ1n) is 9.98. The average Bonchev–Trinajstić information content (AvgIpc) is 2.69. The molecule has 0 aliphatic carbocycles. The number of hydrogen-bond donors (Lipinski definition) is 2. The van der Waals surface area contributed by atoms with Gasteiger partial charge in [-0.25, -0.2) is 4.79 Å². The first-order valence-corrected chi connectivity index (χ1v) is 9.98. The molecule has 1 atom stereocenters. The van der Waals surface area contributed by atoms with Crippen molar-refractivity contribution in [2.75, 3.05) is 18.4 Å². The van der Waals surface area contributed by atoms with Gasteiger partial charge in [-0.15, -0.1) is 0 Å². The van der Waals surface area contributed by atoms with Crippen LogP contribution >= 0.6 is 0 Å². The van der Waals surface area contributed by atoms with E-state index in [1.54, 1.807) is 0 Å². The summed E-state index contributed by atoms with van der Waals surface area (Å²) in [5.74, 6) is 0.533. The second kappa shape index (κ2) is 9.40. The van der Waals surface area contributed by atoms with E-state index in [4.69, 9.17) is 0 Å². The number of carbonyl (C=O) groups excluding carboxylic acids is 2. The van der Waals surface area contributed by atoms with Crippen molar-refractivity contribution in [2.24, 2.45) is 5.92 Å². The maximum atomic E-state index is 12.7. The molecule has 1 heterocycles. The number of rotatable bonds is 5. The van der Waals surface area contributed by atoms with Gasteiger partial charge in [-0.3, -0.25) is 4.79 Å². The Hall–Kier alpha value is -2.82. The van der Waals surface area contributed by atoms with Gasteiger partial charge in [0.25, 0.3) is 0 Å². The van der Waals surface area contributed by atoms with Crippen LogP contribution < -0.4 is 10.6 Å². The minimum atomic E-state index is -0.122. The lowest BCUT2D eigenvalue weighted by molar-refractivity contribution is -0.114. The summed E-state index contributed by atoms with van der Waals surface area (Å²) < 4.78 is 0. The van der Waals surface area contributed by atoms with E-state index in [9.17, 15) is 9.59 Å². The predicted molar refractivity (Wildman–Crippen MR) is 112 cm³/mol. The quantitative estimate of drug-likeness (QED) is 0.810. The van der Waals surface area contributed by atoms with E-state index in [1.165, 1.54) is 12.5 Å². The summed E-state index contributed by atoms with van der Waals surface area (Å²) in [5.41, 5.74) is 3.09.